The molecule has 0 radical (unpaired) electrons. The topological polar surface area (TPSA) is 223 Å². The van der Waals surface area contributed by atoms with Crippen LogP contribution in [0.4, 0.5) is 14.5 Å². The Morgan fingerprint density at radius 3 is 2.52 bits per heavy atom. The first kappa shape index (κ1) is 51.0. The van der Waals surface area contributed by atoms with Crippen LogP contribution in [-0.4, -0.2) is 98.7 Å². The number of likely N-dealkylation sites (tertiary alicyclic amines) is 1. The molecule has 3 aromatic carbocycles. The number of unbranched alkanes of at least 4 members (excludes halogenated alkanes) is 1. The van der Waals surface area contributed by atoms with Gasteiger partial charge in [-0.3, -0.25) is 43.4 Å². The second kappa shape index (κ2) is 20.4. The number of amides is 7. The highest BCUT2D eigenvalue weighted by Crippen LogP contribution is 2.59. The summed E-state index contributed by atoms with van der Waals surface area (Å²) in [5.74, 6) is 3.25. The van der Waals surface area contributed by atoms with Crippen molar-refractivity contribution in [3.63, 3.8) is 0 Å². The molecule has 0 bridgehead atoms. The molecule has 2 saturated heterocycles. The predicted molar refractivity (Wildman–Crippen MR) is 264 cm³/mol. The lowest BCUT2D eigenvalue weighted by atomic mass is 9.85. The molecule has 5 heterocycles. The zero-order valence-corrected chi connectivity index (χ0v) is 41.5. The molecule has 71 heavy (non-hydrogen) atoms. The molecule has 3 aliphatic rings. The number of hydrogen-bond acceptors (Lipinski definition) is 10. The third-order valence-electron chi connectivity index (χ3n) is 12.9. The summed E-state index contributed by atoms with van der Waals surface area (Å²) in [5, 5.41) is 10.9. The number of thiophene rings is 2. The minimum absolute atomic E-state index is 0.00117. The summed E-state index contributed by atoms with van der Waals surface area (Å²) in [7, 11) is -5.84. The van der Waals surface area contributed by atoms with E-state index in [2.05, 4.69) is 27.8 Å². The van der Waals surface area contributed by atoms with Gasteiger partial charge in [0.05, 0.1) is 10.6 Å². The second-order valence-corrected chi connectivity index (χ2v) is 22.4. The van der Waals surface area contributed by atoms with Crippen molar-refractivity contribution < 1.29 is 56.7 Å². The lowest BCUT2D eigenvalue weighted by Gasteiger charge is -2.36. The monoisotopic (exact) mass is 1030 g/mol. The molecule has 2 unspecified atom stereocenters. The first-order chi connectivity index (χ1) is 33.6. The zero-order chi connectivity index (χ0) is 51.0. The predicted octanol–water partition coefficient (Wildman–Crippen LogP) is 6.61. The molecule has 7 amide bonds. The van der Waals surface area contributed by atoms with Crippen molar-refractivity contribution in [1.82, 2.24) is 25.8 Å². The summed E-state index contributed by atoms with van der Waals surface area (Å²) in [4.78, 5) is 117. The molecule has 2 aromatic heterocycles. The number of hydrogen-bond donors (Lipinski definition) is 5. The molecular weight excluding hydrogens is 978 g/mol. The number of rotatable bonds is 14. The van der Waals surface area contributed by atoms with Crippen LogP contribution in [-0.2, 0) is 40.7 Å². The first-order valence-electron chi connectivity index (χ1n) is 23.0. The average molecular weight is 1030 g/mol. The molecule has 3 atom stereocenters. The van der Waals surface area contributed by atoms with Crippen LogP contribution >= 0.6 is 30.3 Å². The highest BCUT2D eigenvalue weighted by molar-refractivity contribution is 7.52. The molecule has 2 fully saturated rings. The molecule has 16 nitrogen and oxygen atoms in total. The van der Waals surface area contributed by atoms with Crippen molar-refractivity contribution in [2.75, 3.05) is 24.5 Å². The van der Waals surface area contributed by atoms with Crippen LogP contribution in [0.3, 0.4) is 0 Å². The standard InChI is InChI=1S/C50H51F2N6O10PS2/c1-49(2,3)43(55-45(62)40-27-30-26-31(16-18-38(30)71-40)50(51,52)69(66,67)68)48(65)56-23-9-14-37(56)47(64)57(35-13-8-15-39-33(35)21-25-70-39)24-20-41(59)53-22-6-4-5-10-29-11-7-12-32-34(29)28-58(46(32)63)36-17-19-42(60)54-44(36)61/h7-8,11-13,15-16,18,21,25-27,36-37,43H,4,6,9,14,17,19-20,22-24,28H2,1-3H3,(H,53,59)(H,55,62)(H,54,60,61)(H2,66,67,68)/t36?,37-,43?/m0/s1. The molecule has 0 saturated carbocycles. The van der Waals surface area contributed by atoms with Gasteiger partial charge in [0, 0.05) is 76.9 Å². The van der Waals surface area contributed by atoms with Crippen molar-refractivity contribution in [2.45, 2.75) is 96.1 Å². The Labute approximate surface area is 415 Å². The third kappa shape index (κ3) is 10.7. The highest BCUT2D eigenvalue weighted by Gasteiger charge is 2.50. The number of carbonyl (C=O) groups excluding carboxylic acids is 7. The number of piperidine rings is 1. The van der Waals surface area contributed by atoms with Gasteiger partial charge in [-0.25, -0.2) is 0 Å². The number of benzene rings is 3. The van der Waals surface area contributed by atoms with Gasteiger partial charge >= 0.3 is 13.3 Å². The van der Waals surface area contributed by atoms with Gasteiger partial charge in [0.2, 0.25) is 29.5 Å². The van der Waals surface area contributed by atoms with Gasteiger partial charge in [0.1, 0.15) is 18.1 Å². The van der Waals surface area contributed by atoms with Gasteiger partial charge in [-0.15, -0.1) is 22.7 Å². The minimum Gasteiger partial charge on any atom is -0.356 e. The van der Waals surface area contributed by atoms with Gasteiger partial charge in [0.15, 0.2) is 0 Å². The molecule has 5 aromatic rings. The quantitative estimate of drug-likeness (QED) is 0.0347. The van der Waals surface area contributed by atoms with E-state index in [0.29, 0.717) is 53.7 Å². The largest absolute Gasteiger partial charge is 0.399 e. The van der Waals surface area contributed by atoms with Crippen LogP contribution < -0.4 is 20.9 Å². The maximum atomic E-state index is 14.8. The van der Waals surface area contributed by atoms with E-state index >= 15 is 0 Å². The Balaban J connectivity index is 0.910. The van der Waals surface area contributed by atoms with E-state index < -0.39 is 66.0 Å². The lowest BCUT2D eigenvalue weighted by Crippen LogP contribution is -2.58. The number of anilines is 1. The summed E-state index contributed by atoms with van der Waals surface area (Å²) >= 11 is 2.45. The van der Waals surface area contributed by atoms with Crippen LogP contribution in [0.5, 0.6) is 0 Å². The Kier molecular flexibility index (Phi) is 14.7. The summed E-state index contributed by atoms with van der Waals surface area (Å²) in [6, 6.07) is 14.3. The van der Waals surface area contributed by atoms with E-state index in [9.17, 15) is 56.7 Å². The number of carbonyl (C=O) groups is 7. The summed E-state index contributed by atoms with van der Waals surface area (Å²) < 4.78 is 41.9. The zero-order valence-electron chi connectivity index (χ0n) is 39.0. The number of nitrogens with one attached hydrogen (secondary N) is 3. The minimum atomic E-state index is -5.84. The number of alkyl halides is 2. The Hall–Kier alpha value is -6.36. The van der Waals surface area contributed by atoms with E-state index in [1.165, 1.54) is 33.3 Å². The normalized spacial score (nSPS) is 17.7. The molecule has 0 aliphatic carbocycles. The summed E-state index contributed by atoms with van der Waals surface area (Å²) in [6.07, 6.45) is 2.12. The average Bonchev–Trinajstić information content (AvgIpc) is 4.15. The van der Waals surface area contributed by atoms with E-state index in [1.807, 2.05) is 29.6 Å². The van der Waals surface area contributed by atoms with Gasteiger partial charge in [-0.2, -0.15) is 8.78 Å². The van der Waals surface area contributed by atoms with Crippen LogP contribution in [0.1, 0.15) is 102 Å². The van der Waals surface area contributed by atoms with Crippen molar-refractivity contribution >= 4 is 97.5 Å². The SMILES string of the molecule is CC(C)(C)C(NC(=O)c1cc2cc(C(F)(F)P(=O)(O)O)ccc2s1)C(=O)N1CCC[C@H]1C(=O)N(CCC(=O)NCCCC#Cc1cccc2c1CN(C1CCC(=O)NC1=O)C2=O)c1cccc2sccc12. The van der Waals surface area contributed by atoms with E-state index in [0.717, 1.165) is 39.1 Å². The van der Waals surface area contributed by atoms with E-state index in [4.69, 9.17) is 0 Å². The molecule has 21 heteroatoms. The molecule has 3 aliphatic heterocycles. The fourth-order valence-electron chi connectivity index (χ4n) is 9.12. The Bertz CT molecular complexity index is 3100. The maximum absolute atomic E-state index is 14.8. The van der Waals surface area contributed by atoms with Gasteiger partial charge in [0.25, 0.3) is 11.8 Å². The van der Waals surface area contributed by atoms with Crippen molar-refractivity contribution in [2.24, 2.45) is 5.41 Å². The van der Waals surface area contributed by atoms with Crippen LogP contribution in [0.25, 0.3) is 20.2 Å². The molecule has 8 rings (SSSR count). The Morgan fingerprint density at radius 2 is 1.77 bits per heavy atom. The highest BCUT2D eigenvalue weighted by atomic mass is 32.1. The van der Waals surface area contributed by atoms with Crippen molar-refractivity contribution in [3.8, 4) is 11.8 Å². The number of nitrogens with zero attached hydrogens (tertiary/aromatic N) is 3. The van der Waals surface area contributed by atoms with E-state index in [1.54, 1.807) is 43.9 Å². The molecule has 0 spiro atoms. The fourth-order valence-corrected chi connectivity index (χ4v) is 11.4. The third-order valence-corrected chi connectivity index (χ3v) is 15.8. The van der Waals surface area contributed by atoms with Crippen molar-refractivity contribution in [1.29, 1.82) is 0 Å². The number of halogens is 2. The maximum Gasteiger partial charge on any atom is 0.399 e. The molecular formula is C50H51F2N6O10PS2. The van der Waals surface area contributed by atoms with Crippen LogP contribution in [0, 0.1) is 17.3 Å². The first-order valence-corrected chi connectivity index (χ1v) is 26.3. The molecule has 5 N–H and O–H groups in total. The van der Waals surface area contributed by atoms with Gasteiger partial charge in [-0.1, -0.05) is 50.8 Å². The second-order valence-electron chi connectivity index (χ2n) is 18.7. The van der Waals surface area contributed by atoms with Gasteiger partial charge < -0.3 is 35.1 Å². The Morgan fingerprint density at radius 1 is 1.00 bits per heavy atom. The van der Waals surface area contributed by atoms with Gasteiger partial charge in [-0.05, 0) is 96.0 Å². The summed E-state index contributed by atoms with van der Waals surface area (Å²) in [6.45, 7) is 6.01. The van der Waals surface area contributed by atoms with Crippen molar-refractivity contribution in [3.05, 3.63) is 99.2 Å². The fraction of sp³-hybridized carbons (Fsp3) is 0.380. The van der Waals surface area contributed by atoms with Crippen LogP contribution in [0.15, 0.2) is 72.1 Å². The van der Waals surface area contributed by atoms with E-state index in [-0.39, 0.29) is 66.9 Å². The summed E-state index contributed by atoms with van der Waals surface area (Å²) in [5.41, 5.74) is -3.79. The number of imide groups is 1. The van der Waals surface area contributed by atoms with Crippen LogP contribution in [0.2, 0.25) is 0 Å². The lowest BCUT2D eigenvalue weighted by molar-refractivity contribution is -0.141. The smallest absolute Gasteiger partial charge is 0.356 e. The molecule has 372 valence electrons. The number of fused-ring (bicyclic) bond motifs is 3.